The summed E-state index contributed by atoms with van der Waals surface area (Å²) in [6.07, 6.45) is 0. The number of nitrogens with one attached hydrogen (secondary N) is 1. The Labute approximate surface area is 125 Å². The lowest BCUT2D eigenvalue weighted by Gasteiger charge is -2.36. The van der Waals surface area contributed by atoms with E-state index in [1.165, 1.54) is 12.5 Å². The van der Waals surface area contributed by atoms with E-state index in [2.05, 4.69) is 22.3 Å². The Hall–Kier alpha value is -1.88. The van der Waals surface area contributed by atoms with Crippen molar-refractivity contribution in [2.24, 2.45) is 0 Å². The van der Waals surface area contributed by atoms with Crippen LogP contribution in [0.4, 0.5) is 0 Å². The molecule has 1 heterocycles. The molecule has 0 spiro atoms. The summed E-state index contributed by atoms with van der Waals surface area (Å²) in [4.78, 5) is 27.4. The predicted octanol–water partition coefficient (Wildman–Crippen LogP) is 0.855. The van der Waals surface area contributed by atoms with Crippen molar-refractivity contribution in [2.45, 2.75) is 26.4 Å². The van der Waals surface area contributed by atoms with Crippen LogP contribution in [0, 0.1) is 0 Å². The molecule has 21 heavy (non-hydrogen) atoms. The minimum absolute atomic E-state index is 0.00422. The number of hydrogen-bond donors (Lipinski definition) is 1. The zero-order chi connectivity index (χ0) is 15.2. The predicted molar refractivity (Wildman–Crippen MR) is 81.6 cm³/mol. The number of piperazine rings is 1. The van der Waals surface area contributed by atoms with Crippen LogP contribution in [0.1, 0.15) is 19.4 Å². The van der Waals surface area contributed by atoms with E-state index < -0.39 is 6.04 Å². The van der Waals surface area contributed by atoms with Crippen LogP contribution in [0.2, 0.25) is 0 Å². The van der Waals surface area contributed by atoms with E-state index in [9.17, 15) is 9.59 Å². The Bertz CT molecular complexity index is 482. The first-order chi connectivity index (χ1) is 10.1. The van der Waals surface area contributed by atoms with Gasteiger partial charge in [-0.25, -0.2) is 0 Å². The molecule has 5 nitrogen and oxygen atoms in total. The zero-order valence-corrected chi connectivity index (χ0v) is 12.7. The highest BCUT2D eigenvalue weighted by Crippen LogP contribution is 2.09. The van der Waals surface area contributed by atoms with Gasteiger partial charge in [0.25, 0.3) is 0 Å². The van der Waals surface area contributed by atoms with Crippen molar-refractivity contribution in [3.8, 4) is 0 Å². The summed E-state index contributed by atoms with van der Waals surface area (Å²) in [5.41, 5.74) is 1.30. The van der Waals surface area contributed by atoms with Crippen LogP contribution in [0.15, 0.2) is 30.3 Å². The Kier molecular flexibility index (Phi) is 5.33. The number of carbonyl (C=O) groups is 2. The minimum Gasteiger partial charge on any atom is -0.345 e. The number of hydrogen-bond acceptors (Lipinski definition) is 3. The molecule has 2 amide bonds. The number of carbonyl (C=O) groups excluding carboxylic acids is 2. The van der Waals surface area contributed by atoms with Gasteiger partial charge in [-0.2, -0.15) is 0 Å². The van der Waals surface area contributed by atoms with Gasteiger partial charge >= 0.3 is 0 Å². The molecule has 1 fully saturated rings. The highest BCUT2D eigenvalue weighted by atomic mass is 16.2. The van der Waals surface area contributed by atoms with Gasteiger partial charge in [0.2, 0.25) is 11.8 Å². The average molecular weight is 289 g/mol. The van der Waals surface area contributed by atoms with Gasteiger partial charge in [-0.1, -0.05) is 30.3 Å². The van der Waals surface area contributed by atoms with Crippen LogP contribution in [0.25, 0.3) is 0 Å². The van der Waals surface area contributed by atoms with Crippen molar-refractivity contribution in [3.05, 3.63) is 35.9 Å². The van der Waals surface area contributed by atoms with E-state index in [4.69, 9.17) is 0 Å². The largest absolute Gasteiger partial charge is 0.345 e. The molecular formula is C16H23N3O2. The van der Waals surface area contributed by atoms with Crippen LogP contribution in [-0.4, -0.2) is 53.8 Å². The lowest BCUT2D eigenvalue weighted by molar-refractivity contribution is -0.137. The second-order valence-electron chi connectivity index (χ2n) is 5.51. The van der Waals surface area contributed by atoms with E-state index in [0.29, 0.717) is 0 Å². The van der Waals surface area contributed by atoms with Gasteiger partial charge in [-0.05, 0) is 12.5 Å². The van der Waals surface area contributed by atoms with Crippen LogP contribution in [0.3, 0.4) is 0 Å². The van der Waals surface area contributed by atoms with Crippen molar-refractivity contribution in [1.29, 1.82) is 0 Å². The first kappa shape index (κ1) is 15.5. The summed E-state index contributed by atoms with van der Waals surface area (Å²) in [5.74, 6) is -0.164. The molecule has 1 aromatic rings. The maximum Gasteiger partial charge on any atom is 0.244 e. The van der Waals surface area contributed by atoms with Gasteiger partial charge in [-0.3, -0.25) is 14.5 Å². The molecule has 114 valence electrons. The number of amides is 2. The van der Waals surface area contributed by atoms with E-state index >= 15 is 0 Å². The van der Waals surface area contributed by atoms with Gasteiger partial charge in [0.05, 0.1) is 0 Å². The Morgan fingerprint density at radius 2 is 1.76 bits per heavy atom. The lowest BCUT2D eigenvalue weighted by Crippen LogP contribution is -2.53. The highest BCUT2D eigenvalue weighted by Gasteiger charge is 2.25. The van der Waals surface area contributed by atoms with Crippen LogP contribution in [0.5, 0.6) is 0 Å². The van der Waals surface area contributed by atoms with Gasteiger partial charge in [0, 0.05) is 39.6 Å². The monoisotopic (exact) mass is 289 g/mol. The van der Waals surface area contributed by atoms with Gasteiger partial charge in [0.1, 0.15) is 6.04 Å². The van der Waals surface area contributed by atoms with Gasteiger partial charge in [-0.15, -0.1) is 0 Å². The quantitative estimate of drug-likeness (QED) is 0.894. The normalized spacial score (nSPS) is 17.3. The molecule has 2 rings (SSSR count). The number of rotatable bonds is 4. The maximum absolute atomic E-state index is 12.2. The molecule has 0 radical (unpaired) electrons. The fourth-order valence-electron chi connectivity index (χ4n) is 2.61. The molecule has 0 bridgehead atoms. The van der Waals surface area contributed by atoms with Crippen molar-refractivity contribution in [1.82, 2.24) is 15.1 Å². The van der Waals surface area contributed by atoms with Crippen LogP contribution < -0.4 is 5.32 Å². The number of nitrogens with zero attached hydrogens (tertiary/aromatic N) is 2. The fourth-order valence-corrected chi connectivity index (χ4v) is 2.61. The van der Waals surface area contributed by atoms with Crippen molar-refractivity contribution in [2.75, 3.05) is 26.2 Å². The van der Waals surface area contributed by atoms with Crippen molar-refractivity contribution < 1.29 is 9.59 Å². The number of benzene rings is 1. The Morgan fingerprint density at radius 3 is 2.33 bits per heavy atom. The summed E-state index contributed by atoms with van der Waals surface area (Å²) < 4.78 is 0. The summed E-state index contributed by atoms with van der Waals surface area (Å²) in [6, 6.07) is 9.91. The molecule has 1 aliphatic heterocycles. The molecule has 1 saturated heterocycles. The first-order valence-corrected chi connectivity index (χ1v) is 7.38. The molecule has 0 aliphatic carbocycles. The van der Waals surface area contributed by atoms with Crippen molar-refractivity contribution >= 4 is 11.8 Å². The van der Waals surface area contributed by atoms with Gasteiger partial charge in [0.15, 0.2) is 0 Å². The standard InChI is InChI=1S/C16H23N3O2/c1-13(17-14(2)20)16(21)19-10-8-18(9-11-19)12-15-6-4-3-5-7-15/h3-7,13H,8-12H2,1-2H3,(H,17,20). The Morgan fingerprint density at radius 1 is 1.14 bits per heavy atom. The molecule has 1 aliphatic rings. The fraction of sp³-hybridized carbons (Fsp3) is 0.500. The van der Waals surface area contributed by atoms with E-state index in [0.717, 1.165) is 32.7 Å². The summed E-state index contributed by atoms with van der Waals surface area (Å²) in [6.45, 7) is 7.26. The topological polar surface area (TPSA) is 52.7 Å². The molecule has 1 aromatic carbocycles. The van der Waals surface area contributed by atoms with Crippen LogP contribution >= 0.6 is 0 Å². The van der Waals surface area contributed by atoms with E-state index in [1.807, 2.05) is 23.1 Å². The third kappa shape index (κ3) is 4.56. The second-order valence-corrected chi connectivity index (χ2v) is 5.51. The molecule has 0 saturated carbocycles. The summed E-state index contributed by atoms with van der Waals surface area (Å²) >= 11 is 0. The smallest absolute Gasteiger partial charge is 0.244 e. The molecule has 0 aromatic heterocycles. The highest BCUT2D eigenvalue weighted by molar-refractivity contribution is 5.86. The summed E-state index contributed by atoms with van der Waals surface area (Å²) in [7, 11) is 0. The zero-order valence-electron chi connectivity index (χ0n) is 12.7. The molecule has 1 unspecified atom stereocenters. The van der Waals surface area contributed by atoms with Crippen LogP contribution in [-0.2, 0) is 16.1 Å². The molecular weight excluding hydrogens is 266 g/mol. The average Bonchev–Trinajstić information content (AvgIpc) is 2.47. The third-order valence-electron chi connectivity index (χ3n) is 3.72. The van der Waals surface area contributed by atoms with E-state index in [-0.39, 0.29) is 11.8 Å². The second kappa shape index (κ2) is 7.22. The maximum atomic E-state index is 12.2. The molecule has 5 heteroatoms. The lowest BCUT2D eigenvalue weighted by atomic mass is 10.2. The Balaban J connectivity index is 1.80. The van der Waals surface area contributed by atoms with E-state index in [1.54, 1.807) is 6.92 Å². The molecule has 1 atom stereocenters. The van der Waals surface area contributed by atoms with Crippen molar-refractivity contribution in [3.63, 3.8) is 0 Å². The summed E-state index contributed by atoms with van der Waals surface area (Å²) in [5, 5.41) is 2.65. The first-order valence-electron chi connectivity index (χ1n) is 7.38. The minimum atomic E-state index is -0.442. The third-order valence-corrected chi connectivity index (χ3v) is 3.72. The van der Waals surface area contributed by atoms with Gasteiger partial charge < -0.3 is 10.2 Å². The molecule has 1 N–H and O–H groups in total. The SMILES string of the molecule is CC(=O)NC(C)C(=O)N1CCN(Cc2ccccc2)CC1.